The number of rotatable bonds is 8. The standard InChI is InChI=1S/C17H22N4O6/c1-4-6-18-11(22)7-19-12(23)8-21-9-20-15-14(16(21)24)13(10(3)27-15)17(25)26-5-2/h9H,4-8H2,1-3H3,(H,18,22)(H,19,23). The Labute approximate surface area is 154 Å². The quantitative estimate of drug-likeness (QED) is 0.623. The number of esters is 1. The van der Waals surface area contributed by atoms with Crippen LogP contribution in [0.2, 0.25) is 0 Å². The van der Waals surface area contributed by atoms with E-state index in [1.807, 2.05) is 6.92 Å². The van der Waals surface area contributed by atoms with Gasteiger partial charge in [0.25, 0.3) is 5.56 Å². The van der Waals surface area contributed by atoms with Crippen molar-refractivity contribution in [1.29, 1.82) is 0 Å². The smallest absolute Gasteiger partial charge is 0.342 e. The number of hydrogen-bond acceptors (Lipinski definition) is 7. The molecule has 0 bridgehead atoms. The molecule has 0 saturated heterocycles. The van der Waals surface area contributed by atoms with Gasteiger partial charge < -0.3 is 19.8 Å². The van der Waals surface area contributed by atoms with Crippen LogP contribution in [0.5, 0.6) is 0 Å². The maximum atomic E-state index is 12.7. The summed E-state index contributed by atoms with van der Waals surface area (Å²) in [5.74, 6) is -1.34. The number of furan rings is 1. The highest BCUT2D eigenvalue weighted by Gasteiger charge is 2.24. The zero-order valence-electron chi connectivity index (χ0n) is 15.5. The Morgan fingerprint density at radius 3 is 2.63 bits per heavy atom. The van der Waals surface area contributed by atoms with Crippen LogP contribution in [0, 0.1) is 6.92 Å². The Kier molecular flexibility index (Phi) is 6.69. The summed E-state index contributed by atoms with van der Waals surface area (Å²) >= 11 is 0. The van der Waals surface area contributed by atoms with Crippen molar-refractivity contribution in [3.05, 3.63) is 28.0 Å². The second kappa shape index (κ2) is 8.97. The topological polar surface area (TPSA) is 133 Å². The first-order valence-corrected chi connectivity index (χ1v) is 8.58. The maximum Gasteiger partial charge on any atom is 0.342 e. The maximum absolute atomic E-state index is 12.7. The minimum absolute atomic E-state index is 0.00180. The first kappa shape index (κ1) is 20.1. The molecule has 0 atom stereocenters. The highest BCUT2D eigenvalue weighted by molar-refractivity contribution is 6.03. The van der Waals surface area contributed by atoms with Crippen LogP contribution in [0.25, 0.3) is 11.1 Å². The lowest BCUT2D eigenvalue weighted by Gasteiger charge is -2.07. The van der Waals surface area contributed by atoms with E-state index in [0.29, 0.717) is 6.54 Å². The van der Waals surface area contributed by atoms with Gasteiger partial charge in [0.2, 0.25) is 17.5 Å². The predicted octanol–water partition coefficient (Wildman–Crippen LogP) is 0.117. The summed E-state index contributed by atoms with van der Waals surface area (Å²) in [5.41, 5.74) is -0.611. The summed E-state index contributed by atoms with van der Waals surface area (Å²) in [6, 6.07) is 0. The Morgan fingerprint density at radius 1 is 1.22 bits per heavy atom. The van der Waals surface area contributed by atoms with E-state index in [0.717, 1.165) is 17.3 Å². The predicted molar refractivity (Wildman–Crippen MR) is 95.3 cm³/mol. The molecule has 2 aromatic rings. The largest absolute Gasteiger partial charge is 0.462 e. The van der Waals surface area contributed by atoms with Crippen LogP contribution < -0.4 is 16.2 Å². The molecule has 0 aromatic carbocycles. The number of carbonyl (C=O) groups excluding carboxylic acids is 3. The zero-order valence-corrected chi connectivity index (χ0v) is 15.5. The molecular weight excluding hydrogens is 356 g/mol. The van der Waals surface area contributed by atoms with E-state index in [2.05, 4.69) is 15.6 Å². The number of nitrogens with zero attached hydrogens (tertiary/aromatic N) is 2. The second-order valence-electron chi connectivity index (χ2n) is 5.74. The molecule has 10 nitrogen and oxygen atoms in total. The monoisotopic (exact) mass is 378 g/mol. The zero-order chi connectivity index (χ0) is 20.0. The molecule has 0 aliphatic rings. The van der Waals surface area contributed by atoms with Gasteiger partial charge in [0.15, 0.2) is 0 Å². The van der Waals surface area contributed by atoms with E-state index in [4.69, 9.17) is 9.15 Å². The van der Waals surface area contributed by atoms with Crippen molar-refractivity contribution in [2.24, 2.45) is 0 Å². The number of aromatic nitrogens is 2. The van der Waals surface area contributed by atoms with Crippen LogP contribution in [0.4, 0.5) is 0 Å². The van der Waals surface area contributed by atoms with E-state index < -0.39 is 17.4 Å². The normalized spacial score (nSPS) is 10.6. The number of aryl methyl sites for hydroxylation is 1. The number of hydrogen-bond donors (Lipinski definition) is 2. The summed E-state index contributed by atoms with van der Waals surface area (Å²) in [4.78, 5) is 52.3. The molecule has 2 rings (SSSR count). The molecule has 0 fully saturated rings. The third-order valence-corrected chi connectivity index (χ3v) is 3.67. The van der Waals surface area contributed by atoms with Crippen LogP contribution in [-0.4, -0.2) is 47.0 Å². The van der Waals surface area contributed by atoms with E-state index >= 15 is 0 Å². The Morgan fingerprint density at radius 2 is 1.96 bits per heavy atom. The molecule has 2 aromatic heterocycles. The fourth-order valence-corrected chi connectivity index (χ4v) is 2.42. The minimum Gasteiger partial charge on any atom is -0.462 e. The van der Waals surface area contributed by atoms with Crippen molar-refractivity contribution in [3.63, 3.8) is 0 Å². The van der Waals surface area contributed by atoms with Gasteiger partial charge >= 0.3 is 5.97 Å². The summed E-state index contributed by atoms with van der Waals surface area (Å²) in [6.45, 7) is 5.20. The van der Waals surface area contributed by atoms with Gasteiger partial charge in [0.05, 0.1) is 13.2 Å². The molecular formula is C17H22N4O6. The van der Waals surface area contributed by atoms with Gasteiger partial charge in [0.1, 0.15) is 29.6 Å². The van der Waals surface area contributed by atoms with Crippen molar-refractivity contribution in [1.82, 2.24) is 20.2 Å². The lowest BCUT2D eigenvalue weighted by atomic mass is 10.2. The van der Waals surface area contributed by atoms with Crippen LogP contribution in [0.3, 0.4) is 0 Å². The molecule has 10 heteroatoms. The van der Waals surface area contributed by atoms with Crippen LogP contribution >= 0.6 is 0 Å². The number of ether oxygens (including phenoxy) is 1. The number of carbonyl (C=O) groups is 3. The van der Waals surface area contributed by atoms with Crippen LogP contribution in [0.1, 0.15) is 36.4 Å². The van der Waals surface area contributed by atoms with Crippen molar-refractivity contribution in [2.75, 3.05) is 19.7 Å². The molecule has 0 radical (unpaired) electrons. The number of amides is 2. The highest BCUT2D eigenvalue weighted by atomic mass is 16.5. The Hall–Kier alpha value is -3.17. The summed E-state index contributed by atoms with van der Waals surface area (Å²) < 4.78 is 11.3. The summed E-state index contributed by atoms with van der Waals surface area (Å²) in [5, 5.41) is 5.01. The lowest BCUT2D eigenvalue weighted by Crippen LogP contribution is -2.39. The molecule has 2 amide bonds. The molecule has 0 spiro atoms. The second-order valence-corrected chi connectivity index (χ2v) is 5.74. The van der Waals surface area contributed by atoms with Gasteiger partial charge in [-0.1, -0.05) is 6.92 Å². The van der Waals surface area contributed by atoms with Crippen molar-refractivity contribution in [2.45, 2.75) is 33.7 Å². The average Bonchev–Trinajstić information content (AvgIpc) is 2.97. The van der Waals surface area contributed by atoms with E-state index in [1.54, 1.807) is 6.92 Å². The molecule has 2 heterocycles. The third kappa shape index (κ3) is 4.72. The molecule has 2 N–H and O–H groups in total. The van der Waals surface area contributed by atoms with Gasteiger partial charge in [0, 0.05) is 6.54 Å². The van der Waals surface area contributed by atoms with Crippen LogP contribution in [0.15, 0.2) is 15.5 Å². The number of fused-ring (bicyclic) bond motifs is 1. The van der Waals surface area contributed by atoms with E-state index in [-0.39, 0.29) is 48.0 Å². The first-order chi connectivity index (χ1) is 12.9. The lowest BCUT2D eigenvalue weighted by molar-refractivity contribution is -0.126. The van der Waals surface area contributed by atoms with Crippen molar-refractivity contribution in [3.8, 4) is 0 Å². The van der Waals surface area contributed by atoms with Crippen molar-refractivity contribution < 1.29 is 23.5 Å². The van der Waals surface area contributed by atoms with Gasteiger partial charge in [-0.25, -0.2) is 9.78 Å². The highest BCUT2D eigenvalue weighted by Crippen LogP contribution is 2.21. The summed E-state index contributed by atoms with van der Waals surface area (Å²) in [7, 11) is 0. The minimum atomic E-state index is -0.692. The van der Waals surface area contributed by atoms with Crippen LogP contribution in [-0.2, 0) is 20.9 Å². The third-order valence-electron chi connectivity index (χ3n) is 3.67. The van der Waals surface area contributed by atoms with E-state index in [9.17, 15) is 19.2 Å². The number of nitrogens with one attached hydrogen (secondary N) is 2. The molecule has 0 aliphatic heterocycles. The van der Waals surface area contributed by atoms with E-state index in [1.165, 1.54) is 6.92 Å². The van der Waals surface area contributed by atoms with Crippen molar-refractivity contribution >= 4 is 28.9 Å². The fraction of sp³-hybridized carbons (Fsp3) is 0.471. The van der Waals surface area contributed by atoms with Gasteiger partial charge in [-0.05, 0) is 20.3 Å². The van der Waals surface area contributed by atoms with Gasteiger partial charge in [-0.15, -0.1) is 0 Å². The molecule has 27 heavy (non-hydrogen) atoms. The SMILES string of the molecule is CCCNC(=O)CNC(=O)Cn1cnc2oc(C)c(C(=O)OCC)c2c1=O. The fourth-order valence-electron chi connectivity index (χ4n) is 2.42. The molecule has 0 saturated carbocycles. The molecule has 146 valence electrons. The Balaban J connectivity index is 2.20. The van der Waals surface area contributed by atoms with Gasteiger partial charge in [-0.2, -0.15) is 0 Å². The first-order valence-electron chi connectivity index (χ1n) is 8.58. The summed E-state index contributed by atoms with van der Waals surface area (Å²) in [6.07, 6.45) is 1.94. The molecule has 0 unspecified atom stereocenters. The average molecular weight is 378 g/mol. The Bertz CT molecular complexity index is 914. The molecule has 0 aliphatic carbocycles. The van der Waals surface area contributed by atoms with Gasteiger partial charge in [-0.3, -0.25) is 19.0 Å².